The SMILES string of the molecule is Cc1c(CNC(=O)C[C@H]2CC[C@@H](CNS(=O)(=O)C(C)C)N2C)cnn1C.O=CO. The first kappa shape index (κ1) is 25.1. The molecule has 29 heavy (non-hydrogen) atoms. The maximum Gasteiger partial charge on any atom is 0.290 e. The van der Waals surface area contributed by atoms with Gasteiger partial charge in [0.25, 0.3) is 6.47 Å². The Labute approximate surface area is 172 Å². The number of likely N-dealkylation sites (tertiary alicyclic amines) is 1. The highest BCUT2D eigenvalue weighted by molar-refractivity contribution is 7.90. The molecule has 1 fully saturated rings. The maximum atomic E-state index is 12.3. The van der Waals surface area contributed by atoms with Gasteiger partial charge < -0.3 is 10.4 Å². The van der Waals surface area contributed by atoms with Crippen LogP contribution in [0.5, 0.6) is 0 Å². The van der Waals surface area contributed by atoms with E-state index in [-0.39, 0.29) is 24.5 Å². The molecule has 1 saturated heterocycles. The zero-order chi connectivity index (χ0) is 22.2. The summed E-state index contributed by atoms with van der Waals surface area (Å²) in [6, 6.07) is 0.264. The molecule has 2 rings (SSSR count). The number of aryl methyl sites for hydroxylation is 1. The third-order valence-electron chi connectivity index (χ3n) is 5.36. The molecule has 0 aromatic carbocycles. The summed E-state index contributed by atoms with van der Waals surface area (Å²) in [6.45, 7) is 5.92. The fourth-order valence-corrected chi connectivity index (χ4v) is 3.92. The van der Waals surface area contributed by atoms with E-state index in [1.165, 1.54) is 0 Å². The Bertz CT molecular complexity index is 778. The maximum absolute atomic E-state index is 12.3. The van der Waals surface area contributed by atoms with Gasteiger partial charge in [0.1, 0.15) is 0 Å². The van der Waals surface area contributed by atoms with Crippen molar-refractivity contribution in [1.29, 1.82) is 0 Å². The predicted molar refractivity (Wildman–Crippen MR) is 110 cm³/mol. The summed E-state index contributed by atoms with van der Waals surface area (Å²) in [6.07, 6.45) is 3.97. The van der Waals surface area contributed by atoms with E-state index in [1.807, 2.05) is 21.0 Å². The van der Waals surface area contributed by atoms with Crippen molar-refractivity contribution in [3.05, 3.63) is 17.5 Å². The molecule has 11 heteroatoms. The molecular weight excluding hydrogens is 398 g/mol. The van der Waals surface area contributed by atoms with E-state index in [9.17, 15) is 13.2 Å². The first-order valence-corrected chi connectivity index (χ1v) is 11.1. The molecule has 0 spiro atoms. The molecule has 1 aliphatic rings. The minimum atomic E-state index is -3.25. The molecule has 2 heterocycles. The molecule has 0 unspecified atom stereocenters. The summed E-state index contributed by atoms with van der Waals surface area (Å²) in [5.74, 6) is 0.00788. The van der Waals surface area contributed by atoms with E-state index in [4.69, 9.17) is 9.90 Å². The second-order valence-electron chi connectivity index (χ2n) is 7.46. The summed E-state index contributed by atoms with van der Waals surface area (Å²) >= 11 is 0. The molecule has 3 N–H and O–H groups in total. The number of carboxylic acid groups (broad SMARTS) is 1. The lowest BCUT2D eigenvalue weighted by Crippen LogP contribution is -2.43. The van der Waals surface area contributed by atoms with Crippen LogP contribution >= 0.6 is 0 Å². The van der Waals surface area contributed by atoms with Crippen molar-refractivity contribution in [2.45, 2.75) is 63.9 Å². The van der Waals surface area contributed by atoms with Crippen LogP contribution in [0.3, 0.4) is 0 Å². The monoisotopic (exact) mass is 431 g/mol. The van der Waals surface area contributed by atoms with Crippen LogP contribution in [0.2, 0.25) is 0 Å². The molecule has 166 valence electrons. The third kappa shape index (κ3) is 7.41. The minimum Gasteiger partial charge on any atom is -0.483 e. The average Bonchev–Trinajstić information content (AvgIpc) is 3.15. The van der Waals surface area contributed by atoms with Gasteiger partial charge >= 0.3 is 0 Å². The normalized spacial score (nSPS) is 19.7. The van der Waals surface area contributed by atoms with Crippen LogP contribution in [0.15, 0.2) is 6.20 Å². The molecule has 2 atom stereocenters. The number of hydrogen-bond donors (Lipinski definition) is 3. The Kier molecular flexibility index (Phi) is 9.74. The number of sulfonamides is 1. The topological polar surface area (TPSA) is 134 Å². The number of carbonyl (C=O) groups is 2. The predicted octanol–water partition coefficient (Wildman–Crippen LogP) is 0.226. The molecule has 10 nitrogen and oxygen atoms in total. The number of aromatic nitrogens is 2. The van der Waals surface area contributed by atoms with Crippen molar-refractivity contribution >= 4 is 22.4 Å². The average molecular weight is 432 g/mol. The van der Waals surface area contributed by atoms with Crippen LogP contribution in [0.25, 0.3) is 0 Å². The molecule has 1 aromatic rings. The van der Waals surface area contributed by atoms with Gasteiger partial charge in [-0.2, -0.15) is 5.10 Å². The lowest BCUT2D eigenvalue weighted by atomic mass is 10.1. The van der Waals surface area contributed by atoms with Gasteiger partial charge in [-0.3, -0.25) is 19.2 Å². The van der Waals surface area contributed by atoms with Crippen molar-refractivity contribution in [1.82, 2.24) is 24.7 Å². The Morgan fingerprint density at radius 1 is 1.34 bits per heavy atom. The number of carbonyl (C=O) groups excluding carboxylic acids is 1. The fourth-order valence-electron chi connectivity index (χ4n) is 3.16. The van der Waals surface area contributed by atoms with Crippen LogP contribution < -0.4 is 10.0 Å². The Hall–Kier alpha value is -1.98. The highest BCUT2D eigenvalue weighted by atomic mass is 32.2. The van der Waals surface area contributed by atoms with Crippen molar-refractivity contribution in [2.24, 2.45) is 7.05 Å². The summed E-state index contributed by atoms with van der Waals surface area (Å²) in [5.41, 5.74) is 2.06. The molecule has 0 bridgehead atoms. The molecular formula is C18H33N5O5S. The second kappa shape index (κ2) is 11.3. The van der Waals surface area contributed by atoms with Gasteiger partial charge in [0, 0.05) is 49.9 Å². The highest BCUT2D eigenvalue weighted by Gasteiger charge is 2.32. The summed E-state index contributed by atoms with van der Waals surface area (Å²) in [5, 5.41) is 13.6. The molecule has 1 aliphatic heterocycles. The lowest BCUT2D eigenvalue weighted by molar-refractivity contribution is -0.123. The van der Waals surface area contributed by atoms with E-state index >= 15 is 0 Å². The zero-order valence-corrected chi connectivity index (χ0v) is 18.6. The van der Waals surface area contributed by atoms with Crippen molar-refractivity contribution in [3.8, 4) is 0 Å². The molecule has 0 aliphatic carbocycles. The van der Waals surface area contributed by atoms with E-state index in [1.54, 1.807) is 24.7 Å². The van der Waals surface area contributed by atoms with E-state index in [0.29, 0.717) is 19.5 Å². The number of nitrogens with zero attached hydrogens (tertiary/aromatic N) is 3. The molecule has 1 amide bonds. The van der Waals surface area contributed by atoms with Crippen molar-refractivity contribution in [2.75, 3.05) is 13.6 Å². The number of hydrogen-bond acceptors (Lipinski definition) is 6. The van der Waals surface area contributed by atoms with E-state index in [2.05, 4.69) is 20.0 Å². The Morgan fingerprint density at radius 2 is 1.93 bits per heavy atom. The molecule has 0 radical (unpaired) electrons. The van der Waals surface area contributed by atoms with Crippen LogP contribution in [0, 0.1) is 6.92 Å². The van der Waals surface area contributed by atoms with Gasteiger partial charge in [-0.15, -0.1) is 0 Å². The Morgan fingerprint density at radius 3 is 2.45 bits per heavy atom. The van der Waals surface area contributed by atoms with E-state index < -0.39 is 15.3 Å². The number of rotatable bonds is 8. The standard InChI is InChI=1S/C17H31N5O3S.CH2O2/c1-12(2)26(24,25)20-11-16-7-6-15(21(16)4)8-17(23)18-9-14-10-19-22(5)13(14)3;2-1-3/h10,12,15-16,20H,6-9,11H2,1-5H3,(H,18,23);1H,(H,2,3)/t15-,16+;/m1./s1. The van der Waals surface area contributed by atoms with Crippen LogP contribution in [-0.2, 0) is 33.2 Å². The summed E-state index contributed by atoms with van der Waals surface area (Å²) < 4.78 is 28.3. The summed E-state index contributed by atoms with van der Waals surface area (Å²) in [7, 11) is 0.585. The van der Waals surface area contributed by atoms with Crippen LogP contribution in [0.4, 0.5) is 0 Å². The van der Waals surface area contributed by atoms with Gasteiger partial charge in [-0.1, -0.05) is 0 Å². The number of likely N-dealkylation sites (N-methyl/N-ethyl adjacent to an activating group) is 1. The van der Waals surface area contributed by atoms with Crippen molar-refractivity contribution < 1.29 is 23.1 Å². The first-order chi connectivity index (χ1) is 13.5. The largest absolute Gasteiger partial charge is 0.483 e. The van der Waals surface area contributed by atoms with Gasteiger partial charge in [-0.25, -0.2) is 13.1 Å². The minimum absolute atomic E-state index is 0.00788. The molecule has 0 saturated carbocycles. The highest BCUT2D eigenvalue weighted by Crippen LogP contribution is 2.24. The summed E-state index contributed by atoms with van der Waals surface area (Å²) in [4.78, 5) is 22.8. The molecule has 1 aromatic heterocycles. The number of nitrogens with one attached hydrogen (secondary N) is 2. The smallest absolute Gasteiger partial charge is 0.290 e. The van der Waals surface area contributed by atoms with Gasteiger partial charge in [0.15, 0.2) is 0 Å². The van der Waals surface area contributed by atoms with Gasteiger partial charge in [0.05, 0.1) is 11.4 Å². The van der Waals surface area contributed by atoms with Crippen molar-refractivity contribution in [3.63, 3.8) is 0 Å². The zero-order valence-electron chi connectivity index (χ0n) is 17.8. The quantitative estimate of drug-likeness (QED) is 0.502. The number of amides is 1. The fraction of sp³-hybridized carbons (Fsp3) is 0.722. The van der Waals surface area contributed by atoms with Crippen LogP contribution in [-0.4, -0.2) is 71.5 Å². The lowest BCUT2D eigenvalue weighted by Gasteiger charge is -2.26. The van der Waals surface area contributed by atoms with Crippen LogP contribution in [0.1, 0.15) is 44.4 Å². The Balaban J connectivity index is 0.00000132. The second-order valence-corrected chi connectivity index (χ2v) is 9.78. The first-order valence-electron chi connectivity index (χ1n) is 9.55. The van der Waals surface area contributed by atoms with Gasteiger partial charge in [-0.05, 0) is 40.7 Å². The van der Waals surface area contributed by atoms with E-state index in [0.717, 1.165) is 24.1 Å². The van der Waals surface area contributed by atoms with Gasteiger partial charge in [0.2, 0.25) is 15.9 Å². The third-order valence-corrected chi connectivity index (χ3v) is 7.17.